The standard InChI is InChI=1S/C18H32N4.HI/c1-15(2)9-8-12-20-18(19-3)21-13-16-10-6-7-11-17(16)14-22(4)5;/h6-7,10-11,15H,8-9,12-14H2,1-5H3,(H2,19,20,21);1H. The summed E-state index contributed by atoms with van der Waals surface area (Å²) in [7, 11) is 6.02. The highest BCUT2D eigenvalue weighted by Gasteiger charge is 2.04. The molecule has 5 heteroatoms. The SMILES string of the molecule is CN=C(NCCCC(C)C)NCc1ccccc1CN(C)C.I. The van der Waals surface area contributed by atoms with E-state index in [9.17, 15) is 0 Å². The molecule has 4 nitrogen and oxygen atoms in total. The van der Waals surface area contributed by atoms with Gasteiger partial charge in [-0.15, -0.1) is 24.0 Å². The topological polar surface area (TPSA) is 39.7 Å². The quantitative estimate of drug-likeness (QED) is 0.286. The van der Waals surface area contributed by atoms with E-state index in [-0.39, 0.29) is 24.0 Å². The van der Waals surface area contributed by atoms with E-state index in [1.807, 2.05) is 7.05 Å². The second-order valence-corrected chi connectivity index (χ2v) is 6.40. The average Bonchev–Trinajstić information content (AvgIpc) is 2.47. The molecule has 0 aromatic heterocycles. The number of rotatable bonds is 8. The summed E-state index contributed by atoms with van der Waals surface area (Å²) in [6, 6.07) is 8.56. The van der Waals surface area contributed by atoms with Gasteiger partial charge in [-0.3, -0.25) is 4.99 Å². The molecule has 0 saturated heterocycles. The first-order valence-corrected chi connectivity index (χ1v) is 8.19. The van der Waals surface area contributed by atoms with E-state index in [4.69, 9.17) is 0 Å². The van der Waals surface area contributed by atoms with Crippen molar-refractivity contribution >= 4 is 29.9 Å². The summed E-state index contributed by atoms with van der Waals surface area (Å²) in [4.78, 5) is 6.49. The minimum Gasteiger partial charge on any atom is -0.356 e. The van der Waals surface area contributed by atoms with Crippen LogP contribution in [0.3, 0.4) is 0 Å². The largest absolute Gasteiger partial charge is 0.356 e. The zero-order valence-corrected chi connectivity index (χ0v) is 17.6. The number of hydrogen-bond donors (Lipinski definition) is 2. The van der Waals surface area contributed by atoms with Crippen LogP contribution in [0.1, 0.15) is 37.8 Å². The first-order chi connectivity index (χ1) is 10.5. The average molecular weight is 432 g/mol. The Morgan fingerprint density at radius 3 is 2.35 bits per heavy atom. The van der Waals surface area contributed by atoms with Gasteiger partial charge in [-0.2, -0.15) is 0 Å². The van der Waals surface area contributed by atoms with Crippen LogP contribution < -0.4 is 10.6 Å². The molecule has 1 aromatic rings. The number of aliphatic imine (C=N–C) groups is 1. The number of nitrogens with one attached hydrogen (secondary N) is 2. The highest BCUT2D eigenvalue weighted by molar-refractivity contribution is 14.0. The zero-order valence-electron chi connectivity index (χ0n) is 15.2. The van der Waals surface area contributed by atoms with Gasteiger partial charge in [0.2, 0.25) is 0 Å². The fourth-order valence-electron chi connectivity index (χ4n) is 2.34. The van der Waals surface area contributed by atoms with Crippen LogP contribution >= 0.6 is 24.0 Å². The Labute approximate surface area is 159 Å². The second-order valence-electron chi connectivity index (χ2n) is 6.40. The normalized spacial score (nSPS) is 11.5. The van der Waals surface area contributed by atoms with Crippen molar-refractivity contribution in [3.8, 4) is 0 Å². The number of halogens is 1. The predicted octanol–water partition coefficient (Wildman–Crippen LogP) is 3.47. The van der Waals surface area contributed by atoms with Gasteiger partial charge in [0, 0.05) is 26.7 Å². The maximum absolute atomic E-state index is 4.29. The van der Waals surface area contributed by atoms with E-state index < -0.39 is 0 Å². The Morgan fingerprint density at radius 2 is 1.78 bits per heavy atom. The molecule has 0 fully saturated rings. The Hall–Kier alpha value is -0.820. The Balaban J connectivity index is 0.00000484. The Kier molecular flexibility index (Phi) is 12.1. The molecule has 0 bridgehead atoms. The van der Waals surface area contributed by atoms with Crippen molar-refractivity contribution in [1.29, 1.82) is 0 Å². The minimum atomic E-state index is 0. The third kappa shape index (κ3) is 9.81. The molecule has 0 spiro atoms. The highest BCUT2D eigenvalue weighted by atomic mass is 127. The highest BCUT2D eigenvalue weighted by Crippen LogP contribution is 2.10. The van der Waals surface area contributed by atoms with Gasteiger partial charge in [0.25, 0.3) is 0 Å². The van der Waals surface area contributed by atoms with Crippen LogP contribution in [-0.2, 0) is 13.1 Å². The summed E-state index contributed by atoms with van der Waals surface area (Å²) in [5.74, 6) is 1.64. The van der Waals surface area contributed by atoms with Gasteiger partial charge >= 0.3 is 0 Å². The van der Waals surface area contributed by atoms with Crippen molar-refractivity contribution in [3.63, 3.8) is 0 Å². The molecule has 0 aliphatic rings. The van der Waals surface area contributed by atoms with Gasteiger partial charge in [-0.05, 0) is 44.0 Å². The molecule has 0 radical (unpaired) electrons. The van der Waals surface area contributed by atoms with Crippen molar-refractivity contribution in [2.75, 3.05) is 27.7 Å². The van der Waals surface area contributed by atoms with E-state index in [0.717, 1.165) is 31.5 Å². The molecule has 1 aromatic carbocycles. The van der Waals surface area contributed by atoms with Gasteiger partial charge in [0.15, 0.2) is 5.96 Å². The fraction of sp³-hybridized carbons (Fsp3) is 0.611. The molecule has 0 saturated carbocycles. The van der Waals surface area contributed by atoms with Crippen LogP contribution in [0.2, 0.25) is 0 Å². The number of guanidine groups is 1. The maximum Gasteiger partial charge on any atom is 0.191 e. The van der Waals surface area contributed by atoms with Gasteiger partial charge in [0.1, 0.15) is 0 Å². The van der Waals surface area contributed by atoms with Gasteiger partial charge in [-0.25, -0.2) is 0 Å². The number of benzene rings is 1. The third-order valence-electron chi connectivity index (χ3n) is 3.53. The maximum atomic E-state index is 4.29. The van der Waals surface area contributed by atoms with Crippen LogP contribution in [0.25, 0.3) is 0 Å². The summed E-state index contributed by atoms with van der Waals surface area (Å²) < 4.78 is 0. The van der Waals surface area contributed by atoms with Crippen LogP contribution in [-0.4, -0.2) is 38.5 Å². The van der Waals surface area contributed by atoms with E-state index in [2.05, 4.69) is 72.7 Å². The summed E-state index contributed by atoms with van der Waals surface area (Å²) in [5.41, 5.74) is 2.68. The molecular weight excluding hydrogens is 399 g/mol. The van der Waals surface area contributed by atoms with Crippen LogP contribution in [0, 0.1) is 5.92 Å². The lowest BCUT2D eigenvalue weighted by Crippen LogP contribution is -2.37. The minimum absolute atomic E-state index is 0. The molecule has 0 amide bonds. The summed E-state index contributed by atoms with van der Waals surface area (Å²) in [5, 5.41) is 6.79. The summed E-state index contributed by atoms with van der Waals surface area (Å²) in [6.45, 7) is 7.24. The first-order valence-electron chi connectivity index (χ1n) is 8.19. The summed E-state index contributed by atoms with van der Waals surface area (Å²) in [6.07, 6.45) is 2.42. The molecular formula is C18H33IN4. The van der Waals surface area contributed by atoms with E-state index in [0.29, 0.717) is 0 Å². The Bertz CT molecular complexity index is 458. The van der Waals surface area contributed by atoms with E-state index in [1.165, 1.54) is 24.0 Å². The second kappa shape index (κ2) is 12.6. The monoisotopic (exact) mass is 432 g/mol. The van der Waals surface area contributed by atoms with E-state index >= 15 is 0 Å². The lowest BCUT2D eigenvalue weighted by atomic mass is 10.1. The van der Waals surface area contributed by atoms with Crippen molar-refractivity contribution in [1.82, 2.24) is 15.5 Å². The lowest BCUT2D eigenvalue weighted by Gasteiger charge is -2.16. The zero-order chi connectivity index (χ0) is 16.4. The molecule has 0 unspecified atom stereocenters. The lowest BCUT2D eigenvalue weighted by molar-refractivity contribution is 0.400. The molecule has 2 N–H and O–H groups in total. The number of nitrogens with zero attached hydrogens (tertiary/aromatic N) is 2. The fourth-order valence-corrected chi connectivity index (χ4v) is 2.34. The van der Waals surface area contributed by atoms with Gasteiger partial charge < -0.3 is 15.5 Å². The molecule has 23 heavy (non-hydrogen) atoms. The van der Waals surface area contributed by atoms with Crippen molar-refractivity contribution in [3.05, 3.63) is 35.4 Å². The predicted molar refractivity (Wildman–Crippen MR) is 112 cm³/mol. The Morgan fingerprint density at radius 1 is 1.13 bits per heavy atom. The molecule has 0 heterocycles. The van der Waals surface area contributed by atoms with Crippen molar-refractivity contribution in [2.24, 2.45) is 10.9 Å². The van der Waals surface area contributed by atoms with Crippen molar-refractivity contribution in [2.45, 2.75) is 39.8 Å². The van der Waals surface area contributed by atoms with E-state index in [1.54, 1.807) is 0 Å². The van der Waals surface area contributed by atoms with Crippen molar-refractivity contribution < 1.29 is 0 Å². The summed E-state index contributed by atoms with van der Waals surface area (Å²) >= 11 is 0. The molecule has 132 valence electrons. The third-order valence-corrected chi connectivity index (χ3v) is 3.53. The molecule has 0 aliphatic carbocycles. The van der Waals surface area contributed by atoms with Gasteiger partial charge in [0.05, 0.1) is 0 Å². The van der Waals surface area contributed by atoms with Crippen LogP contribution in [0.15, 0.2) is 29.3 Å². The van der Waals surface area contributed by atoms with Crippen LogP contribution in [0.4, 0.5) is 0 Å². The molecule has 0 atom stereocenters. The van der Waals surface area contributed by atoms with Crippen LogP contribution in [0.5, 0.6) is 0 Å². The smallest absolute Gasteiger partial charge is 0.191 e. The molecule has 0 aliphatic heterocycles. The van der Waals surface area contributed by atoms with Gasteiger partial charge in [-0.1, -0.05) is 38.1 Å². The first kappa shape index (κ1) is 22.2. The molecule has 1 rings (SSSR count). The number of hydrogen-bond acceptors (Lipinski definition) is 2.